The topological polar surface area (TPSA) is 78.9 Å². The highest BCUT2D eigenvalue weighted by Crippen LogP contribution is 2.17. The second-order valence-corrected chi connectivity index (χ2v) is 4.33. The number of aryl methyl sites for hydroxylation is 1. The summed E-state index contributed by atoms with van der Waals surface area (Å²) in [7, 11) is 0. The Bertz CT molecular complexity index is 720. The van der Waals surface area contributed by atoms with Crippen molar-refractivity contribution in [2.24, 2.45) is 0 Å². The summed E-state index contributed by atoms with van der Waals surface area (Å²) in [5, 5.41) is 11.4. The Hall–Kier alpha value is -2.87. The van der Waals surface area contributed by atoms with Gasteiger partial charge in [-0.1, -0.05) is 0 Å². The summed E-state index contributed by atoms with van der Waals surface area (Å²) < 4.78 is 13.2. The molecular formula is C15H12FN3O. The molecule has 0 unspecified atom stereocenters. The molecular weight excluding hydrogens is 257 g/mol. The van der Waals surface area contributed by atoms with E-state index >= 15 is 0 Å². The van der Waals surface area contributed by atoms with Gasteiger partial charge in [-0.2, -0.15) is 5.26 Å². The van der Waals surface area contributed by atoms with Crippen LogP contribution in [0.1, 0.15) is 21.5 Å². The Kier molecular flexibility index (Phi) is 3.67. The summed E-state index contributed by atoms with van der Waals surface area (Å²) in [6, 6.07) is 10.5. The molecule has 0 atom stereocenters. The van der Waals surface area contributed by atoms with Crippen molar-refractivity contribution in [1.82, 2.24) is 0 Å². The molecule has 0 aliphatic heterocycles. The lowest BCUT2D eigenvalue weighted by molar-refractivity contribution is 0.102. The molecule has 5 heteroatoms. The number of nitrogens with one attached hydrogen (secondary N) is 1. The predicted molar refractivity (Wildman–Crippen MR) is 74.7 cm³/mol. The molecule has 0 bridgehead atoms. The molecule has 2 aromatic rings. The molecule has 3 N–H and O–H groups in total. The molecule has 0 spiro atoms. The van der Waals surface area contributed by atoms with E-state index in [9.17, 15) is 9.18 Å². The van der Waals surface area contributed by atoms with E-state index in [1.54, 1.807) is 31.2 Å². The van der Waals surface area contributed by atoms with Gasteiger partial charge in [0.15, 0.2) is 0 Å². The van der Waals surface area contributed by atoms with Crippen LogP contribution in [0.3, 0.4) is 0 Å². The van der Waals surface area contributed by atoms with Crippen molar-refractivity contribution in [3.8, 4) is 6.07 Å². The van der Waals surface area contributed by atoms with Crippen LogP contribution >= 0.6 is 0 Å². The van der Waals surface area contributed by atoms with Crippen LogP contribution < -0.4 is 11.1 Å². The molecule has 0 aromatic heterocycles. The largest absolute Gasteiger partial charge is 0.399 e. The van der Waals surface area contributed by atoms with E-state index < -0.39 is 5.82 Å². The molecule has 0 heterocycles. The number of rotatable bonds is 2. The highest BCUT2D eigenvalue weighted by molar-refractivity contribution is 6.04. The maximum atomic E-state index is 13.2. The molecule has 0 aliphatic rings. The first-order chi connectivity index (χ1) is 9.51. The molecule has 2 rings (SSSR count). The van der Waals surface area contributed by atoms with Gasteiger partial charge in [0.25, 0.3) is 5.91 Å². The third-order valence-corrected chi connectivity index (χ3v) is 2.88. The number of anilines is 2. The summed E-state index contributed by atoms with van der Waals surface area (Å²) >= 11 is 0. The Morgan fingerprint density at radius 2 is 2.05 bits per heavy atom. The van der Waals surface area contributed by atoms with E-state index in [0.717, 1.165) is 11.6 Å². The number of nitrogens with zero attached hydrogens (tertiary/aromatic N) is 1. The number of nitrogen functional groups attached to an aromatic ring is 1. The van der Waals surface area contributed by atoms with E-state index in [1.807, 2.05) is 0 Å². The number of benzene rings is 2. The lowest BCUT2D eigenvalue weighted by Crippen LogP contribution is -2.12. The van der Waals surface area contributed by atoms with Crippen molar-refractivity contribution in [1.29, 1.82) is 5.26 Å². The van der Waals surface area contributed by atoms with Gasteiger partial charge in [-0.05, 0) is 48.9 Å². The molecule has 0 saturated heterocycles. The minimum absolute atomic E-state index is 0.115. The first kappa shape index (κ1) is 13.6. The van der Waals surface area contributed by atoms with Gasteiger partial charge < -0.3 is 11.1 Å². The van der Waals surface area contributed by atoms with Crippen LogP contribution in [-0.4, -0.2) is 5.91 Å². The lowest BCUT2D eigenvalue weighted by atomic mass is 10.1. The summed E-state index contributed by atoms with van der Waals surface area (Å²) in [5.74, 6) is -0.961. The highest BCUT2D eigenvalue weighted by atomic mass is 19.1. The number of nitriles is 1. The van der Waals surface area contributed by atoms with Crippen LogP contribution in [-0.2, 0) is 0 Å². The number of amides is 1. The third-order valence-electron chi connectivity index (χ3n) is 2.88. The van der Waals surface area contributed by atoms with Crippen molar-refractivity contribution in [2.75, 3.05) is 11.1 Å². The van der Waals surface area contributed by atoms with Crippen LogP contribution in [0.2, 0.25) is 0 Å². The van der Waals surface area contributed by atoms with Crippen molar-refractivity contribution in [3.63, 3.8) is 0 Å². The van der Waals surface area contributed by atoms with Crippen LogP contribution in [0.25, 0.3) is 0 Å². The predicted octanol–water partition coefficient (Wildman–Crippen LogP) is 2.84. The van der Waals surface area contributed by atoms with Crippen LogP contribution in [0.15, 0.2) is 36.4 Å². The number of hydrogen-bond donors (Lipinski definition) is 2. The normalized spacial score (nSPS) is 9.85. The molecule has 0 aliphatic carbocycles. The first-order valence-electron chi connectivity index (χ1n) is 5.88. The van der Waals surface area contributed by atoms with E-state index in [4.69, 9.17) is 11.0 Å². The number of halogens is 1. The fraction of sp³-hybridized carbons (Fsp3) is 0.0667. The van der Waals surface area contributed by atoms with Crippen molar-refractivity contribution < 1.29 is 9.18 Å². The van der Waals surface area contributed by atoms with Crippen LogP contribution in [0.4, 0.5) is 15.8 Å². The second kappa shape index (κ2) is 5.41. The van der Waals surface area contributed by atoms with Gasteiger partial charge in [-0.3, -0.25) is 4.79 Å². The maximum absolute atomic E-state index is 13.2. The Morgan fingerprint density at radius 1 is 1.30 bits per heavy atom. The molecule has 0 fully saturated rings. The number of hydrogen-bond acceptors (Lipinski definition) is 3. The zero-order valence-corrected chi connectivity index (χ0v) is 10.8. The molecule has 100 valence electrons. The monoisotopic (exact) mass is 269 g/mol. The van der Waals surface area contributed by atoms with Crippen LogP contribution in [0, 0.1) is 24.1 Å². The molecule has 1 amide bonds. The van der Waals surface area contributed by atoms with Gasteiger partial charge in [0.1, 0.15) is 11.9 Å². The molecule has 0 saturated carbocycles. The van der Waals surface area contributed by atoms with Crippen molar-refractivity contribution in [2.45, 2.75) is 6.92 Å². The zero-order valence-electron chi connectivity index (χ0n) is 10.8. The summed E-state index contributed by atoms with van der Waals surface area (Å²) in [5.41, 5.74) is 7.79. The average molecular weight is 269 g/mol. The van der Waals surface area contributed by atoms with E-state index in [2.05, 4.69) is 5.32 Å². The standard InChI is InChI=1S/C15H12FN3O/c1-9-6-10(2-5-14(9)18)15(20)19-12-3-4-13(16)11(7-12)8-17/h2-7H,18H2,1H3,(H,19,20). The summed E-state index contributed by atoms with van der Waals surface area (Å²) in [4.78, 5) is 12.0. The SMILES string of the molecule is Cc1cc(C(=O)Nc2ccc(F)c(C#N)c2)ccc1N. The zero-order chi connectivity index (χ0) is 14.7. The maximum Gasteiger partial charge on any atom is 0.255 e. The highest BCUT2D eigenvalue weighted by Gasteiger charge is 2.09. The third kappa shape index (κ3) is 2.75. The number of nitrogens with two attached hydrogens (primary N) is 1. The number of carbonyl (C=O) groups is 1. The Labute approximate surface area is 115 Å². The van der Waals surface area contributed by atoms with E-state index in [0.29, 0.717) is 16.9 Å². The van der Waals surface area contributed by atoms with Gasteiger partial charge >= 0.3 is 0 Å². The fourth-order valence-electron chi connectivity index (χ4n) is 1.71. The number of carbonyl (C=O) groups excluding carboxylic acids is 1. The first-order valence-corrected chi connectivity index (χ1v) is 5.88. The summed E-state index contributed by atoms with van der Waals surface area (Å²) in [6.07, 6.45) is 0. The molecule has 0 radical (unpaired) electrons. The molecule has 20 heavy (non-hydrogen) atoms. The van der Waals surface area contributed by atoms with Gasteiger partial charge in [0.05, 0.1) is 5.56 Å². The van der Waals surface area contributed by atoms with Gasteiger partial charge in [0.2, 0.25) is 0 Å². The summed E-state index contributed by atoms with van der Waals surface area (Å²) in [6.45, 7) is 1.80. The smallest absolute Gasteiger partial charge is 0.255 e. The van der Waals surface area contributed by atoms with Gasteiger partial charge in [0, 0.05) is 16.9 Å². The average Bonchev–Trinajstić information content (AvgIpc) is 2.43. The minimum atomic E-state index is -0.617. The van der Waals surface area contributed by atoms with E-state index in [-0.39, 0.29) is 11.5 Å². The minimum Gasteiger partial charge on any atom is -0.399 e. The van der Waals surface area contributed by atoms with Crippen LogP contribution in [0.5, 0.6) is 0 Å². The fourth-order valence-corrected chi connectivity index (χ4v) is 1.71. The van der Waals surface area contributed by atoms with Crippen molar-refractivity contribution >= 4 is 17.3 Å². The molecule has 4 nitrogen and oxygen atoms in total. The van der Waals surface area contributed by atoms with Crippen molar-refractivity contribution in [3.05, 3.63) is 58.9 Å². The quantitative estimate of drug-likeness (QED) is 0.823. The van der Waals surface area contributed by atoms with Gasteiger partial charge in [-0.25, -0.2) is 4.39 Å². The Morgan fingerprint density at radius 3 is 2.70 bits per heavy atom. The lowest BCUT2D eigenvalue weighted by Gasteiger charge is -2.07. The Balaban J connectivity index is 2.23. The van der Waals surface area contributed by atoms with E-state index in [1.165, 1.54) is 12.1 Å². The second-order valence-electron chi connectivity index (χ2n) is 4.33. The molecule has 2 aromatic carbocycles. The van der Waals surface area contributed by atoms with Gasteiger partial charge in [-0.15, -0.1) is 0 Å².